The Morgan fingerprint density at radius 2 is 1.89 bits per heavy atom. The highest BCUT2D eigenvalue weighted by atomic mass is 16.5. The third-order valence-corrected chi connectivity index (χ3v) is 7.26. The van der Waals surface area contributed by atoms with E-state index in [2.05, 4.69) is 51.4 Å². The van der Waals surface area contributed by atoms with E-state index < -0.39 is 0 Å². The average molecular weight is 487 g/mol. The third kappa shape index (κ3) is 5.04. The number of hydrogen-bond donors (Lipinski definition) is 1. The molecule has 1 fully saturated rings. The van der Waals surface area contributed by atoms with Gasteiger partial charge in [-0.15, -0.1) is 5.10 Å². The number of ether oxygens (including phenoxy) is 1. The summed E-state index contributed by atoms with van der Waals surface area (Å²) in [6, 6.07) is 18.4. The van der Waals surface area contributed by atoms with E-state index >= 15 is 0 Å². The lowest BCUT2D eigenvalue weighted by Crippen LogP contribution is -2.41. The molecule has 1 aliphatic carbocycles. The summed E-state index contributed by atoms with van der Waals surface area (Å²) >= 11 is 0. The van der Waals surface area contributed by atoms with Crippen molar-refractivity contribution in [3.63, 3.8) is 0 Å². The highest BCUT2D eigenvalue weighted by Crippen LogP contribution is 2.36. The van der Waals surface area contributed by atoms with Gasteiger partial charge in [-0.3, -0.25) is 9.69 Å². The predicted octanol–water partition coefficient (Wildman–Crippen LogP) is 4.71. The minimum absolute atomic E-state index is 0.0159. The molecule has 1 atom stereocenters. The van der Waals surface area contributed by atoms with Crippen molar-refractivity contribution in [3.05, 3.63) is 81.9 Å². The fraction of sp³-hybridized carbons (Fsp3) is 0.429. The zero-order valence-corrected chi connectivity index (χ0v) is 21.2. The van der Waals surface area contributed by atoms with Gasteiger partial charge in [-0.2, -0.15) is 0 Å². The van der Waals surface area contributed by atoms with Gasteiger partial charge in [0.05, 0.1) is 25.2 Å². The molecule has 188 valence electrons. The van der Waals surface area contributed by atoms with Crippen molar-refractivity contribution in [2.24, 2.45) is 5.92 Å². The van der Waals surface area contributed by atoms with Crippen LogP contribution in [0.2, 0.25) is 0 Å². The highest BCUT2D eigenvalue weighted by molar-refractivity contribution is 5.80. The Bertz CT molecular complexity index is 1360. The summed E-state index contributed by atoms with van der Waals surface area (Å²) in [6.45, 7) is 5.59. The first kappa shape index (κ1) is 24.2. The van der Waals surface area contributed by atoms with Crippen molar-refractivity contribution in [2.75, 3.05) is 7.11 Å². The van der Waals surface area contributed by atoms with E-state index in [9.17, 15) is 4.79 Å². The molecule has 0 radical (unpaired) electrons. The maximum absolute atomic E-state index is 13.2. The molecule has 2 aromatic heterocycles. The van der Waals surface area contributed by atoms with Crippen LogP contribution in [0.4, 0.5) is 0 Å². The van der Waals surface area contributed by atoms with E-state index in [1.165, 1.54) is 12.8 Å². The maximum Gasteiger partial charge on any atom is 0.252 e. The van der Waals surface area contributed by atoms with Crippen molar-refractivity contribution in [1.29, 1.82) is 0 Å². The van der Waals surface area contributed by atoms with Crippen LogP contribution >= 0.6 is 0 Å². The predicted molar refractivity (Wildman–Crippen MR) is 140 cm³/mol. The van der Waals surface area contributed by atoms with Crippen LogP contribution in [-0.2, 0) is 13.1 Å². The number of nitrogens with one attached hydrogen (secondary N) is 1. The molecule has 2 heterocycles. The lowest BCUT2D eigenvalue weighted by Gasteiger charge is -2.38. The van der Waals surface area contributed by atoms with Crippen LogP contribution in [0.3, 0.4) is 0 Å². The number of tetrazole rings is 1. The monoisotopic (exact) mass is 486 g/mol. The molecule has 0 amide bonds. The molecule has 36 heavy (non-hydrogen) atoms. The van der Waals surface area contributed by atoms with Gasteiger partial charge in [0.1, 0.15) is 5.75 Å². The average Bonchev–Trinajstić information content (AvgIpc) is 3.57. The summed E-state index contributed by atoms with van der Waals surface area (Å²) in [5.41, 5.74) is 2.63. The van der Waals surface area contributed by atoms with Gasteiger partial charge in [-0.05, 0) is 58.3 Å². The van der Waals surface area contributed by atoms with E-state index in [0.717, 1.165) is 46.4 Å². The topological polar surface area (TPSA) is 88.9 Å². The minimum Gasteiger partial charge on any atom is -0.497 e. The van der Waals surface area contributed by atoms with Gasteiger partial charge in [0.2, 0.25) is 0 Å². The summed E-state index contributed by atoms with van der Waals surface area (Å²) in [4.78, 5) is 18.7. The fourth-order valence-electron chi connectivity index (χ4n) is 5.48. The van der Waals surface area contributed by atoms with E-state index in [1.54, 1.807) is 7.11 Å². The third-order valence-electron chi connectivity index (χ3n) is 7.26. The number of methoxy groups -OCH3 is 1. The Balaban J connectivity index is 1.52. The normalized spacial score (nSPS) is 15.2. The molecule has 8 heteroatoms. The summed E-state index contributed by atoms with van der Waals surface area (Å²) in [7, 11) is 1.63. The molecule has 1 aliphatic rings. The Kier molecular flexibility index (Phi) is 7.13. The minimum atomic E-state index is -0.0647. The van der Waals surface area contributed by atoms with Gasteiger partial charge in [-0.1, -0.05) is 57.0 Å². The Morgan fingerprint density at radius 1 is 1.11 bits per heavy atom. The van der Waals surface area contributed by atoms with Crippen LogP contribution in [0.5, 0.6) is 5.75 Å². The quantitative estimate of drug-likeness (QED) is 0.368. The first-order chi connectivity index (χ1) is 17.5. The van der Waals surface area contributed by atoms with Crippen LogP contribution in [0, 0.1) is 5.92 Å². The molecule has 1 N–H and O–H groups in total. The largest absolute Gasteiger partial charge is 0.497 e. The second-order valence-corrected chi connectivity index (χ2v) is 10.1. The molecule has 0 aliphatic heterocycles. The molecule has 2 aromatic carbocycles. The van der Waals surface area contributed by atoms with Crippen molar-refractivity contribution in [3.8, 4) is 5.75 Å². The first-order valence-corrected chi connectivity index (χ1v) is 12.8. The maximum atomic E-state index is 13.2. The van der Waals surface area contributed by atoms with Gasteiger partial charge in [0.25, 0.3) is 5.56 Å². The van der Waals surface area contributed by atoms with E-state index in [-0.39, 0.29) is 17.5 Å². The van der Waals surface area contributed by atoms with E-state index in [1.807, 2.05) is 47.1 Å². The van der Waals surface area contributed by atoms with Crippen molar-refractivity contribution >= 4 is 10.9 Å². The van der Waals surface area contributed by atoms with Crippen LogP contribution in [0.15, 0.2) is 59.4 Å². The van der Waals surface area contributed by atoms with Gasteiger partial charge >= 0.3 is 0 Å². The second-order valence-electron chi connectivity index (χ2n) is 10.1. The van der Waals surface area contributed by atoms with Crippen LogP contribution in [0.25, 0.3) is 10.9 Å². The number of aromatic amines is 1. The molecule has 0 unspecified atom stereocenters. The second kappa shape index (κ2) is 10.6. The van der Waals surface area contributed by atoms with Gasteiger partial charge < -0.3 is 9.72 Å². The molecular formula is C28H34N6O2. The summed E-state index contributed by atoms with van der Waals surface area (Å²) in [5.74, 6) is 1.83. The zero-order valence-electron chi connectivity index (χ0n) is 21.2. The Hall–Kier alpha value is -3.52. The summed E-state index contributed by atoms with van der Waals surface area (Å²) in [5, 5.41) is 13.9. The number of hydrogen-bond acceptors (Lipinski definition) is 6. The van der Waals surface area contributed by atoms with E-state index in [0.29, 0.717) is 19.1 Å². The Morgan fingerprint density at radius 3 is 2.61 bits per heavy atom. The fourth-order valence-corrected chi connectivity index (χ4v) is 5.48. The SMILES string of the molecule is COc1ccc2cc(CN(C3CCCC3)[C@H](c3nnnn3Cc3ccccc3)C(C)C)c(=O)[nH]c2c1. The smallest absolute Gasteiger partial charge is 0.252 e. The molecule has 0 bridgehead atoms. The molecule has 1 saturated carbocycles. The molecule has 5 rings (SSSR count). The molecular weight excluding hydrogens is 452 g/mol. The zero-order chi connectivity index (χ0) is 25.1. The number of rotatable bonds is 9. The van der Waals surface area contributed by atoms with Crippen LogP contribution < -0.4 is 10.3 Å². The molecule has 8 nitrogen and oxygen atoms in total. The number of nitrogens with zero attached hydrogens (tertiary/aromatic N) is 5. The van der Waals surface area contributed by atoms with Crippen molar-refractivity contribution in [2.45, 2.75) is 64.7 Å². The highest BCUT2D eigenvalue weighted by Gasteiger charge is 2.35. The van der Waals surface area contributed by atoms with Crippen LogP contribution in [0.1, 0.15) is 62.5 Å². The number of H-pyrrole nitrogens is 1. The number of aromatic nitrogens is 5. The standard InChI is InChI=1S/C28H34N6O2/c1-19(2)26(27-30-31-32-34(27)17-20-9-5-4-6-10-20)33(23-11-7-8-12-23)18-22-15-21-13-14-24(36-3)16-25(21)29-28(22)35/h4-6,9-10,13-16,19,23,26H,7-8,11-12,17-18H2,1-3H3,(H,29,35)/t26-/m0/s1. The molecule has 0 spiro atoms. The molecule has 0 saturated heterocycles. The summed E-state index contributed by atoms with van der Waals surface area (Å²) < 4.78 is 7.24. The molecule has 4 aromatic rings. The van der Waals surface area contributed by atoms with Crippen molar-refractivity contribution < 1.29 is 4.74 Å². The Labute approximate surface area is 211 Å². The number of fused-ring (bicyclic) bond motifs is 1. The summed E-state index contributed by atoms with van der Waals surface area (Å²) in [6.07, 6.45) is 4.64. The number of benzene rings is 2. The van der Waals surface area contributed by atoms with Gasteiger partial charge in [-0.25, -0.2) is 4.68 Å². The number of pyridine rings is 1. The van der Waals surface area contributed by atoms with Crippen molar-refractivity contribution in [1.82, 2.24) is 30.1 Å². The lowest BCUT2D eigenvalue weighted by atomic mass is 9.97. The van der Waals surface area contributed by atoms with E-state index in [4.69, 9.17) is 4.74 Å². The van der Waals surface area contributed by atoms with Gasteiger partial charge in [0.15, 0.2) is 5.82 Å². The lowest BCUT2D eigenvalue weighted by molar-refractivity contribution is 0.0844. The van der Waals surface area contributed by atoms with Gasteiger partial charge in [0, 0.05) is 24.2 Å². The van der Waals surface area contributed by atoms with Crippen LogP contribution in [-0.4, -0.2) is 43.2 Å². The first-order valence-electron chi connectivity index (χ1n) is 12.8.